The lowest BCUT2D eigenvalue weighted by Gasteiger charge is -2.43. The zero-order valence-corrected chi connectivity index (χ0v) is 12.6. The topological polar surface area (TPSA) is 29.5 Å². The molecule has 0 aliphatic heterocycles. The first kappa shape index (κ1) is 15.1. The highest BCUT2D eigenvalue weighted by Gasteiger charge is 2.41. The second-order valence-electron chi connectivity index (χ2n) is 6.68. The largest absolute Gasteiger partial charge is 0.412 e. The summed E-state index contributed by atoms with van der Waals surface area (Å²) in [6, 6.07) is 0. The van der Waals surface area contributed by atoms with E-state index in [0.29, 0.717) is 6.42 Å². The summed E-state index contributed by atoms with van der Waals surface area (Å²) in [7, 11) is -1.72. The monoisotopic (exact) mass is 232 g/mol. The van der Waals surface area contributed by atoms with E-state index in [1.165, 1.54) is 0 Å². The molecule has 15 heavy (non-hydrogen) atoms. The molecule has 0 aromatic heterocycles. The van der Waals surface area contributed by atoms with Gasteiger partial charge in [-0.1, -0.05) is 20.8 Å². The van der Waals surface area contributed by atoms with Gasteiger partial charge < -0.3 is 9.53 Å². The molecule has 3 heteroatoms. The number of aliphatic hydroxyl groups is 1. The maximum absolute atomic E-state index is 9.42. The molecule has 0 rings (SSSR count). The second-order valence-corrected chi connectivity index (χ2v) is 11.4. The van der Waals surface area contributed by atoms with Crippen molar-refractivity contribution >= 4 is 8.32 Å². The third-order valence-electron chi connectivity index (χ3n) is 3.12. The first-order chi connectivity index (χ1) is 6.37. The van der Waals surface area contributed by atoms with Gasteiger partial charge in [0, 0.05) is 6.42 Å². The Balaban J connectivity index is 4.57. The summed E-state index contributed by atoms with van der Waals surface area (Å²) in [6.45, 7) is 17.2. The van der Waals surface area contributed by atoms with Gasteiger partial charge in [0.25, 0.3) is 0 Å². The average molecular weight is 232 g/mol. The van der Waals surface area contributed by atoms with Crippen LogP contribution in [-0.2, 0) is 4.43 Å². The van der Waals surface area contributed by atoms with Crippen molar-refractivity contribution in [2.24, 2.45) is 0 Å². The van der Waals surface area contributed by atoms with Crippen molar-refractivity contribution in [3.8, 4) is 0 Å². The molecule has 0 aromatic carbocycles. The lowest BCUT2D eigenvalue weighted by Crippen LogP contribution is -2.48. The third kappa shape index (κ3) is 5.14. The zero-order valence-electron chi connectivity index (χ0n) is 11.6. The lowest BCUT2D eigenvalue weighted by atomic mass is 10.0. The van der Waals surface area contributed by atoms with Crippen LogP contribution in [0.3, 0.4) is 0 Å². The van der Waals surface area contributed by atoms with Crippen molar-refractivity contribution in [2.75, 3.05) is 0 Å². The van der Waals surface area contributed by atoms with Crippen LogP contribution in [0.4, 0.5) is 0 Å². The van der Waals surface area contributed by atoms with E-state index in [9.17, 15) is 5.11 Å². The minimum Gasteiger partial charge on any atom is -0.412 e. The molecular formula is C12H28O2Si. The Kier molecular flexibility index (Phi) is 4.60. The first-order valence-corrected chi connectivity index (χ1v) is 8.66. The Labute approximate surface area is 96.2 Å². The summed E-state index contributed by atoms with van der Waals surface area (Å²) in [4.78, 5) is 0. The number of hydrogen-bond donors (Lipinski definition) is 1. The normalized spacial score (nSPS) is 16.6. The smallest absolute Gasteiger partial charge is 0.192 e. The Morgan fingerprint density at radius 1 is 1.13 bits per heavy atom. The minimum atomic E-state index is -1.72. The predicted octanol–water partition coefficient (Wildman–Crippen LogP) is 3.56. The van der Waals surface area contributed by atoms with E-state index in [2.05, 4.69) is 47.7 Å². The maximum Gasteiger partial charge on any atom is 0.192 e. The maximum atomic E-state index is 9.42. The van der Waals surface area contributed by atoms with Crippen LogP contribution in [0.1, 0.15) is 48.0 Å². The molecule has 0 saturated heterocycles. The van der Waals surface area contributed by atoms with Gasteiger partial charge in [0.05, 0.1) is 11.7 Å². The van der Waals surface area contributed by atoms with Gasteiger partial charge in [-0.2, -0.15) is 0 Å². The van der Waals surface area contributed by atoms with Crippen LogP contribution in [0, 0.1) is 0 Å². The molecule has 92 valence electrons. The highest BCUT2D eigenvalue weighted by Crippen LogP contribution is 2.39. The molecule has 0 spiro atoms. The second kappa shape index (κ2) is 4.56. The third-order valence-corrected chi connectivity index (χ3v) is 7.80. The van der Waals surface area contributed by atoms with E-state index in [4.69, 9.17) is 4.43 Å². The predicted molar refractivity (Wildman–Crippen MR) is 68.7 cm³/mol. The van der Waals surface area contributed by atoms with Crippen LogP contribution in [0.2, 0.25) is 18.1 Å². The van der Waals surface area contributed by atoms with Crippen molar-refractivity contribution in [3.63, 3.8) is 0 Å². The first-order valence-electron chi connectivity index (χ1n) is 5.76. The SMILES string of the molecule is CC(O)CC(C)(C)O[Si](C)(C)C(C)(C)C. The summed E-state index contributed by atoms with van der Waals surface area (Å²) in [5, 5.41) is 9.65. The van der Waals surface area contributed by atoms with Gasteiger partial charge in [-0.15, -0.1) is 0 Å². The average Bonchev–Trinajstić information content (AvgIpc) is 1.75. The van der Waals surface area contributed by atoms with Crippen LogP contribution in [-0.4, -0.2) is 25.1 Å². The van der Waals surface area contributed by atoms with Crippen LogP contribution in [0.5, 0.6) is 0 Å². The Morgan fingerprint density at radius 3 is 1.80 bits per heavy atom. The number of hydrogen-bond acceptors (Lipinski definition) is 2. The summed E-state index contributed by atoms with van der Waals surface area (Å²) in [6.07, 6.45) is 0.393. The van der Waals surface area contributed by atoms with Crippen LogP contribution in [0.15, 0.2) is 0 Å². The van der Waals surface area contributed by atoms with Gasteiger partial charge in [0.1, 0.15) is 0 Å². The summed E-state index contributed by atoms with van der Waals surface area (Å²) in [5.74, 6) is 0. The van der Waals surface area contributed by atoms with Gasteiger partial charge in [-0.05, 0) is 38.9 Å². The molecule has 0 amide bonds. The molecule has 0 aromatic rings. The number of rotatable bonds is 4. The molecular weight excluding hydrogens is 204 g/mol. The standard InChI is InChI=1S/C12H28O2Si/c1-10(13)9-12(5,6)14-15(7,8)11(2,3)4/h10,13H,9H2,1-8H3. The Bertz CT molecular complexity index is 202. The highest BCUT2D eigenvalue weighted by atomic mass is 28.4. The van der Waals surface area contributed by atoms with Gasteiger partial charge in [-0.3, -0.25) is 0 Å². The molecule has 0 radical (unpaired) electrons. The molecule has 0 fully saturated rings. The summed E-state index contributed by atoms with van der Waals surface area (Å²) < 4.78 is 6.28. The summed E-state index contributed by atoms with van der Waals surface area (Å²) in [5.41, 5.74) is -0.225. The van der Waals surface area contributed by atoms with Crippen LogP contribution in [0.25, 0.3) is 0 Å². The van der Waals surface area contributed by atoms with Gasteiger partial charge in [0.15, 0.2) is 8.32 Å². The quantitative estimate of drug-likeness (QED) is 0.751. The summed E-state index contributed by atoms with van der Waals surface area (Å²) >= 11 is 0. The fraction of sp³-hybridized carbons (Fsp3) is 1.00. The molecule has 1 N–H and O–H groups in total. The van der Waals surface area contributed by atoms with Gasteiger partial charge >= 0.3 is 0 Å². The molecule has 1 unspecified atom stereocenters. The van der Waals surface area contributed by atoms with Crippen molar-refractivity contribution in [1.29, 1.82) is 0 Å². The van der Waals surface area contributed by atoms with Crippen LogP contribution < -0.4 is 0 Å². The highest BCUT2D eigenvalue weighted by molar-refractivity contribution is 6.74. The van der Waals surface area contributed by atoms with E-state index >= 15 is 0 Å². The van der Waals surface area contributed by atoms with Crippen molar-refractivity contribution in [2.45, 2.75) is 77.8 Å². The Hall–Kier alpha value is 0.137. The molecule has 2 nitrogen and oxygen atoms in total. The fourth-order valence-corrected chi connectivity index (χ4v) is 3.37. The molecule has 0 aliphatic carbocycles. The van der Waals surface area contributed by atoms with Crippen molar-refractivity contribution in [1.82, 2.24) is 0 Å². The molecule has 0 saturated carbocycles. The number of aliphatic hydroxyl groups excluding tert-OH is 1. The van der Waals surface area contributed by atoms with Crippen LogP contribution >= 0.6 is 0 Å². The van der Waals surface area contributed by atoms with Crippen molar-refractivity contribution in [3.05, 3.63) is 0 Å². The zero-order chi connectivity index (χ0) is 12.5. The fourth-order valence-electron chi connectivity index (χ4n) is 1.60. The van der Waals surface area contributed by atoms with E-state index in [-0.39, 0.29) is 16.7 Å². The molecule has 1 atom stereocenters. The minimum absolute atomic E-state index is 0.225. The molecule has 0 heterocycles. The van der Waals surface area contributed by atoms with Gasteiger partial charge in [0.2, 0.25) is 0 Å². The van der Waals surface area contributed by atoms with E-state index in [0.717, 1.165) is 0 Å². The van der Waals surface area contributed by atoms with Crippen molar-refractivity contribution < 1.29 is 9.53 Å². The molecule has 0 aliphatic rings. The lowest BCUT2D eigenvalue weighted by molar-refractivity contribution is 0.0344. The van der Waals surface area contributed by atoms with Gasteiger partial charge in [-0.25, -0.2) is 0 Å². The molecule has 0 bridgehead atoms. The Morgan fingerprint density at radius 2 is 1.53 bits per heavy atom. The van der Waals surface area contributed by atoms with E-state index < -0.39 is 8.32 Å². The van der Waals surface area contributed by atoms with E-state index in [1.807, 2.05) is 6.92 Å². The van der Waals surface area contributed by atoms with E-state index in [1.54, 1.807) is 0 Å².